The first-order chi connectivity index (χ1) is 9.78. The first-order valence-corrected chi connectivity index (χ1v) is 8.57. The van der Waals surface area contributed by atoms with Gasteiger partial charge in [-0.1, -0.05) is 13.8 Å². The first-order valence-electron chi connectivity index (χ1n) is 8.57. The Labute approximate surface area is 124 Å². The summed E-state index contributed by atoms with van der Waals surface area (Å²) in [5.74, 6) is 0.962. The third-order valence-corrected chi connectivity index (χ3v) is 4.37. The standard InChI is InChI=1S/C17H31N3/c1-4-12-18-17(14-10-11-14)9-7-8-16-13-15(5-2)19-20(16)6-3/h13-14,17-18H,4-12H2,1-3H3. The van der Waals surface area contributed by atoms with E-state index in [-0.39, 0.29) is 0 Å². The lowest BCUT2D eigenvalue weighted by atomic mass is 10.0. The molecule has 0 saturated heterocycles. The highest BCUT2D eigenvalue weighted by molar-refractivity contribution is 5.10. The maximum Gasteiger partial charge on any atom is 0.0624 e. The number of aromatic nitrogens is 2. The molecule has 0 aliphatic heterocycles. The molecule has 0 bridgehead atoms. The van der Waals surface area contributed by atoms with Gasteiger partial charge in [-0.2, -0.15) is 5.10 Å². The van der Waals surface area contributed by atoms with Crippen LogP contribution in [0, 0.1) is 5.92 Å². The van der Waals surface area contributed by atoms with E-state index in [1.165, 1.54) is 56.5 Å². The molecule has 114 valence electrons. The van der Waals surface area contributed by atoms with Gasteiger partial charge < -0.3 is 5.32 Å². The summed E-state index contributed by atoms with van der Waals surface area (Å²) in [5.41, 5.74) is 2.67. The molecule has 1 aliphatic rings. The van der Waals surface area contributed by atoms with Crippen molar-refractivity contribution in [3.63, 3.8) is 0 Å². The Morgan fingerprint density at radius 2 is 2.15 bits per heavy atom. The molecule has 0 spiro atoms. The molecule has 2 rings (SSSR count). The molecule has 1 aromatic heterocycles. The molecule has 1 N–H and O–H groups in total. The Morgan fingerprint density at radius 1 is 1.35 bits per heavy atom. The van der Waals surface area contributed by atoms with E-state index in [9.17, 15) is 0 Å². The van der Waals surface area contributed by atoms with Crippen LogP contribution in [0.15, 0.2) is 6.07 Å². The zero-order valence-electron chi connectivity index (χ0n) is 13.5. The molecule has 1 aromatic rings. The monoisotopic (exact) mass is 277 g/mol. The highest BCUT2D eigenvalue weighted by atomic mass is 15.3. The predicted molar refractivity (Wildman–Crippen MR) is 85.0 cm³/mol. The second-order valence-electron chi connectivity index (χ2n) is 6.09. The van der Waals surface area contributed by atoms with Crippen molar-refractivity contribution < 1.29 is 0 Å². The molecular weight excluding hydrogens is 246 g/mol. The second kappa shape index (κ2) is 7.82. The van der Waals surface area contributed by atoms with Gasteiger partial charge in [-0.3, -0.25) is 4.68 Å². The van der Waals surface area contributed by atoms with E-state index in [4.69, 9.17) is 0 Å². The van der Waals surface area contributed by atoms with Gasteiger partial charge in [-0.15, -0.1) is 0 Å². The van der Waals surface area contributed by atoms with Crippen LogP contribution in [0.2, 0.25) is 0 Å². The van der Waals surface area contributed by atoms with Crippen LogP contribution in [0.25, 0.3) is 0 Å². The van der Waals surface area contributed by atoms with Gasteiger partial charge in [0.2, 0.25) is 0 Å². The van der Waals surface area contributed by atoms with Crippen LogP contribution >= 0.6 is 0 Å². The fourth-order valence-electron chi connectivity index (χ4n) is 3.00. The summed E-state index contributed by atoms with van der Waals surface area (Å²) in [6, 6.07) is 3.06. The van der Waals surface area contributed by atoms with Crippen molar-refractivity contribution >= 4 is 0 Å². The van der Waals surface area contributed by atoms with Gasteiger partial charge in [0.25, 0.3) is 0 Å². The maximum absolute atomic E-state index is 4.64. The van der Waals surface area contributed by atoms with Crippen molar-refractivity contribution in [2.45, 2.75) is 78.3 Å². The predicted octanol–water partition coefficient (Wildman–Crippen LogP) is 3.57. The number of hydrogen-bond donors (Lipinski definition) is 1. The molecule has 20 heavy (non-hydrogen) atoms. The molecule has 1 fully saturated rings. The second-order valence-corrected chi connectivity index (χ2v) is 6.09. The highest BCUT2D eigenvalue weighted by Crippen LogP contribution is 2.34. The third-order valence-electron chi connectivity index (χ3n) is 4.37. The minimum absolute atomic E-state index is 0.763. The average Bonchev–Trinajstić information content (AvgIpc) is 3.23. The largest absolute Gasteiger partial charge is 0.314 e. The molecule has 1 aliphatic carbocycles. The first kappa shape index (κ1) is 15.6. The fraction of sp³-hybridized carbons (Fsp3) is 0.824. The zero-order chi connectivity index (χ0) is 14.4. The lowest BCUT2D eigenvalue weighted by molar-refractivity contribution is 0.422. The van der Waals surface area contributed by atoms with Crippen molar-refractivity contribution in [3.05, 3.63) is 17.5 Å². The van der Waals surface area contributed by atoms with E-state index in [1.54, 1.807) is 0 Å². The maximum atomic E-state index is 4.64. The Morgan fingerprint density at radius 3 is 2.75 bits per heavy atom. The van der Waals surface area contributed by atoms with Crippen molar-refractivity contribution in [2.24, 2.45) is 5.92 Å². The summed E-state index contributed by atoms with van der Waals surface area (Å²) in [4.78, 5) is 0. The van der Waals surface area contributed by atoms with E-state index in [1.807, 2.05) is 0 Å². The normalized spacial score (nSPS) is 16.6. The SMILES string of the molecule is CCCNC(CCCc1cc(CC)nn1CC)C1CC1. The summed E-state index contributed by atoms with van der Waals surface area (Å²) < 4.78 is 2.18. The summed E-state index contributed by atoms with van der Waals surface area (Å²) >= 11 is 0. The molecule has 1 saturated carbocycles. The summed E-state index contributed by atoms with van der Waals surface area (Å²) in [6.07, 6.45) is 8.95. The molecule has 1 unspecified atom stereocenters. The smallest absolute Gasteiger partial charge is 0.0624 e. The molecule has 1 heterocycles. The minimum Gasteiger partial charge on any atom is -0.314 e. The van der Waals surface area contributed by atoms with E-state index in [0.29, 0.717) is 0 Å². The molecular formula is C17H31N3. The van der Waals surface area contributed by atoms with Crippen LogP contribution in [0.1, 0.15) is 64.3 Å². The van der Waals surface area contributed by atoms with Gasteiger partial charge in [0.05, 0.1) is 5.69 Å². The average molecular weight is 277 g/mol. The quantitative estimate of drug-likeness (QED) is 0.708. The highest BCUT2D eigenvalue weighted by Gasteiger charge is 2.30. The lowest BCUT2D eigenvalue weighted by Crippen LogP contribution is -2.31. The van der Waals surface area contributed by atoms with Crippen LogP contribution in [0.5, 0.6) is 0 Å². The molecule has 1 atom stereocenters. The summed E-state index contributed by atoms with van der Waals surface area (Å²) in [7, 11) is 0. The van der Waals surface area contributed by atoms with Crippen molar-refractivity contribution in [1.29, 1.82) is 0 Å². The summed E-state index contributed by atoms with van der Waals surface area (Å²) in [6.45, 7) is 8.79. The fourth-order valence-corrected chi connectivity index (χ4v) is 3.00. The van der Waals surface area contributed by atoms with Crippen LogP contribution in [-0.2, 0) is 19.4 Å². The van der Waals surface area contributed by atoms with Crippen LogP contribution in [0.3, 0.4) is 0 Å². The van der Waals surface area contributed by atoms with Gasteiger partial charge >= 0.3 is 0 Å². The van der Waals surface area contributed by atoms with E-state index >= 15 is 0 Å². The topological polar surface area (TPSA) is 29.9 Å². The Kier molecular flexibility index (Phi) is 6.08. The number of nitrogens with zero attached hydrogens (tertiary/aromatic N) is 2. The molecule has 0 aromatic carbocycles. The van der Waals surface area contributed by atoms with E-state index in [0.717, 1.165) is 24.9 Å². The minimum atomic E-state index is 0.763. The van der Waals surface area contributed by atoms with Crippen LogP contribution in [-0.4, -0.2) is 22.4 Å². The van der Waals surface area contributed by atoms with Crippen molar-refractivity contribution in [3.8, 4) is 0 Å². The van der Waals surface area contributed by atoms with Crippen LogP contribution < -0.4 is 5.32 Å². The zero-order valence-corrected chi connectivity index (χ0v) is 13.5. The summed E-state index contributed by atoms with van der Waals surface area (Å²) in [5, 5.41) is 8.38. The number of rotatable bonds is 10. The van der Waals surface area contributed by atoms with Crippen LogP contribution in [0.4, 0.5) is 0 Å². The van der Waals surface area contributed by atoms with Gasteiger partial charge in [0, 0.05) is 18.3 Å². The van der Waals surface area contributed by atoms with E-state index < -0.39 is 0 Å². The number of aryl methyl sites for hydroxylation is 3. The Bertz CT molecular complexity index is 393. The third kappa shape index (κ3) is 4.34. The molecule has 3 heteroatoms. The van der Waals surface area contributed by atoms with Crippen molar-refractivity contribution in [2.75, 3.05) is 6.54 Å². The van der Waals surface area contributed by atoms with Gasteiger partial charge in [0.1, 0.15) is 0 Å². The van der Waals surface area contributed by atoms with Gasteiger partial charge in [-0.05, 0) is 70.4 Å². The molecule has 0 amide bonds. The Balaban J connectivity index is 1.80. The van der Waals surface area contributed by atoms with Crippen molar-refractivity contribution in [1.82, 2.24) is 15.1 Å². The number of nitrogens with one attached hydrogen (secondary N) is 1. The molecule has 0 radical (unpaired) electrons. The van der Waals surface area contributed by atoms with Gasteiger partial charge in [0.15, 0.2) is 0 Å². The Hall–Kier alpha value is -0.830. The molecule has 3 nitrogen and oxygen atoms in total. The van der Waals surface area contributed by atoms with Gasteiger partial charge in [-0.25, -0.2) is 0 Å². The van der Waals surface area contributed by atoms with E-state index in [2.05, 4.69) is 41.9 Å². The lowest BCUT2D eigenvalue weighted by Gasteiger charge is -2.17. The number of hydrogen-bond acceptors (Lipinski definition) is 2.